The predicted molar refractivity (Wildman–Crippen MR) is 87.7 cm³/mol. The zero-order chi connectivity index (χ0) is 17.0. The highest BCUT2D eigenvalue weighted by atomic mass is 19.1. The Morgan fingerprint density at radius 1 is 1.48 bits per heavy atom. The number of rotatable bonds is 4. The first-order valence-corrected chi connectivity index (χ1v) is 7.29. The molecular weight excluding hydrogens is 297 g/mol. The summed E-state index contributed by atoms with van der Waals surface area (Å²) in [6.07, 6.45) is 4.70. The van der Waals surface area contributed by atoms with Gasteiger partial charge < -0.3 is 0 Å². The van der Waals surface area contributed by atoms with Crippen molar-refractivity contribution < 1.29 is 9.18 Å². The van der Waals surface area contributed by atoms with Gasteiger partial charge in [0.2, 0.25) is 0 Å². The zero-order valence-electron chi connectivity index (χ0n) is 13.7. The maximum atomic E-state index is 13.0. The normalized spacial score (nSPS) is 13.0. The molecule has 0 saturated heterocycles. The van der Waals surface area contributed by atoms with Gasteiger partial charge in [-0.2, -0.15) is 5.10 Å². The van der Waals surface area contributed by atoms with Crippen molar-refractivity contribution in [3.63, 3.8) is 0 Å². The molecule has 6 nitrogen and oxygen atoms in total. The van der Waals surface area contributed by atoms with Crippen molar-refractivity contribution in [2.45, 2.75) is 26.8 Å². The molecular formula is C16H20FN5O. The summed E-state index contributed by atoms with van der Waals surface area (Å²) in [5, 5.41) is 4.14. The van der Waals surface area contributed by atoms with Gasteiger partial charge >= 0.3 is 0 Å². The monoisotopic (exact) mass is 317 g/mol. The van der Waals surface area contributed by atoms with Crippen LogP contribution in [0.3, 0.4) is 0 Å². The number of hydrogen-bond acceptors (Lipinski definition) is 4. The lowest BCUT2D eigenvalue weighted by molar-refractivity contribution is 0.100. The third-order valence-electron chi connectivity index (χ3n) is 3.67. The summed E-state index contributed by atoms with van der Waals surface area (Å²) in [4.78, 5) is 22.6. The van der Waals surface area contributed by atoms with Gasteiger partial charge in [0.05, 0.1) is 29.7 Å². The fraction of sp³-hybridized carbons (Fsp3) is 0.375. The Hall–Kier alpha value is -2.57. The minimum atomic E-state index is -0.544. The first kappa shape index (κ1) is 16.8. The van der Waals surface area contributed by atoms with Crippen LogP contribution in [0.15, 0.2) is 35.7 Å². The van der Waals surface area contributed by atoms with E-state index in [1.807, 2.05) is 0 Å². The number of amidine groups is 1. The highest BCUT2D eigenvalue weighted by Gasteiger charge is 2.25. The molecule has 0 bridgehead atoms. The summed E-state index contributed by atoms with van der Waals surface area (Å²) in [5.74, 6) is 0.268. The maximum Gasteiger partial charge on any atom is 0.267 e. The first-order chi connectivity index (χ1) is 11.0. The van der Waals surface area contributed by atoms with Crippen molar-refractivity contribution in [2.24, 2.45) is 4.99 Å². The summed E-state index contributed by atoms with van der Waals surface area (Å²) < 4.78 is 14.4. The van der Waals surface area contributed by atoms with E-state index in [-0.39, 0.29) is 5.91 Å². The van der Waals surface area contributed by atoms with Crippen LogP contribution >= 0.6 is 0 Å². The van der Waals surface area contributed by atoms with E-state index in [0.717, 1.165) is 0 Å². The molecule has 0 aliphatic carbocycles. The third kappa shape index (κ3) is 3.28. The molecule has 0 spiro atoms. The lowest BCUT2D eigenvalue weighted by Gasteiger charge is -2.21. The molecule has 2 heterocycles. The average Bonchev–Trinajstić information content (AvgIpc) is 2.96. The van der Waals surface area contributed by atoms with E-state index in [4.69, 9.17) is 0 Å². The van der Waals surface area contributed by atoms with Crippen LogP contribution in [0.5, 0.6) is 0 Å². The number of alkyl halides is 1. The number of pyridine rings is 1. The molecule has 0 radical (unpaired) electrons. The van der Waals surface area contributed by atoms with E-state index in [2.05, 4.69) is 15.1 Å². The Morgan fingerprint density at radius 2 is 2.22 bits per heavy atom. The SMILES string of the molecule is CN=C(C)N(C(=O)c1cnn(C(C)CF)c1C)c1cccnc1. The van der Waals surface area contributed by atoms with Gasteiger partial charge in [-0.15, -0.1) is 0 Å². The molecule has 0 N–H and O–H groups in total. The van der Waals surface area contributed by atoms with Crippen molar-refractivity contribution >= 4 is 17.4 Å². The number of aromatic nitrogens is 3. The Kier molecular flexibility index (Phi) is 5.20. The van der Waals surface area contributed by atoms with E-state index in [1.165, 1.54) is 15.8 Å². The van der Waals surface area contributed by atoms with E-state index in [9.17, 15) is 9.18 Å². The van der Waals surface area contributed by atoms with Crippen molar-refractivity contribution in [1.29, 1.82) is 0 Å². The highest BCUT2D eigenvalue weighted by Crippen LogP contribution is 2.20. The van der Waals surface area contributed by atoms with Gasteiger partial charge in [-0.05, 0) is 32.9 Å². The lowest BCUT2D eigenvalue weighted by Crippen LogP contribution is -2.35. The predicted octanol–water partition coefficient (Wildman–Crippen LogP) is 2.81. The summed E-state index contributed by atoms with van der Waals surface area (Å²) in [5.41, 5.74) is 1.65. The lowest BCUT2D eigenvalue weighted by atomic mass is 10.2. The standard InChI is InChI=1S/C16H20FN5O/c1-11(8-17)22-12(2)15(10-20-22)16(23)21(13(3)18-4)14-6-5-7-19-9-14/h5-7,9-11H,8H2,1-4H3. The number of amides is 1. The van der Waals surface area contributed by atoms with Gasteiger partial charge in [0, 0.05) is 18.9 Å². The zero-order valence-corrected chi connectivity index (χ0v) is 13.7. The number of carbonyl (C=O) groups excluding carboxylic acids is 1. The van der Waals surface area contributed by atoms with Crippen LogP contribution in [0.1, 0.15) is 35.9 Å². The Balaban J connectivity index is 2.45. The van der Waals surface area contributed by atoms with Crippen LogP contribution in [0, 0.1) is 6.92 Å². The fourth-order valence-electron chi connectivity index (χ4n) is 2.30. The van der Waals surface area contributed by atoms with Crippen LogP contribution in [-0.4, -0.2) is 40.2 Å². The minimum Gasteiger partial charge on any atom is -0.275 e. The molecule has 0 aromatic carbocycles. The smallest absolute Gasteiger partial charge is 0.267 e. The molecule has 2 aromatic heterocycles. The Bertz CT molecular complexity index is 711. The molecule has 0 saturated carbocycles. The molecule has 1 amide bonds. The topological polar surface area (TPSA) is 63.4 Å². The van der Waals surface area contributed by atoms with E-state index < -0.39 is 12.7 Å². The van der Waals surface area contributed by atoms with Crippen molar-refractivity contribution in [2.75, 3.05) is 18.6 Å². The number of nitrogens with zero attached hydrogens (tertiary/aromatic N) is 5. The fourth-order valence-corrected chi connectivity index (χ4v) is 2.30. The largest absolute Gasteiger partial charge is 0.275 e. The number of aliphatic imine (C=N–C) groups is 1. The van der Waals surface area contributed by atoms with E-state index in [0.29, 0.717) is 22.8 Å². The van der Waals surface area contributed by atoms with Crippen molar-refractivity contribution in [3.05, 3.63) is 42.0 Å². The molecule has 2 aromatic rings. The van der Waals surface area contributed by atoms with Crippen LogP contribution < -0.4 is 4.90 Å². The van der Waals surface area contributed by atoms with Gasteiger partial charge in [-0.25, -0.2) is 4.39 Å². The first-order valence-electron chi connectivity index (χ1n) is 7.29. The van der Waals surface area contributed by atoms with Gasteiger partial charge in [0.1, 0.15) is 12.5 Å². The molecule has 7 heteroatoms. The second-order valence-electron chi connectivity index (χ2n) is 5.21. The average molecular weight is 317 g/mol. The Morgan fingerprint density at radius 3 is 2.78 bits per heavy atom. The molecule has 122 valence electrons. The summed E-state index contributed by atoms with van der Waals surface area (Å²) in [7, 11) is 1.62. The summed E-state index contributed by atoms with van der Waals surface area (Å²) in [6.45, 7) is 4.67. The second kappa shape index (κ2) is 7.13. The minimum absolute atomic E-state index is 0.268. The Labute approximate surface area is 134 Å². The van der Waals surface area contributed by atoms with Crippen LogP contribution in [-0.2, 0) is 0 Å². The second-order valence-corrected chi connectivity index (χ2v) is 5.21. The molecule has 0 aliphatic heterocycles. The maximum absolute atomic E-state index is 13.0. The molecule has 1 atom stereocenters. The molecule has 1 unspecified atom stereocenters. The van der Waals surface area contributed by atoms with Crippen LogP contribution in [0.25, 0.3) is 0 Å². The number of anilines is 1. The molecule has 0 fully saturated rings. The number of hydrogen-bond donors (Lipinski definition) is 0. The highest BCUT2D eigenvalue weighted by molar-refractivity contribution is 6.22. The number of carbonyl (C=O) groups is 1. The van der Waals surface area contributed by atoms with Gasteiger partial charge in [-0.1, -0.05) is 0 Å². The van der Waals surface area contributed by atoms with Gasteiger partial charge in [0.25, 0.3) is 5.91 Å². The summed E-state index contributed by atoms with van der Waals surface area (Å²) in [6, 6.07) is 3.12. The van der Waals surface area contributed by atoms with Crippen LogP contribution in [0.4, 0.5) is 10.1 Å². The van der Waals surface area contributed by atoms with E-state index >= 15 is 0 Å². The van der Waals surface area contributed by atoms with Gasteiger partial charge in [-0.3, -0.25) is 24.4 Å². The molecule has 2 rings (SSSR count). The molecule has 23 heavy (non-hydrogen) atoms. The van der Waals surface area contributed by atoms with Crippen molar-refractivity contribution in [1.82, 2.24) is 14.8 Å². The third-order valence-corrected chi connectivity index (χ3v) is 3.67. The quantitative estimate of drug-likeness (QED) is 0.643. The van der Waals surface area contributed by atoms with Crippen molar-refractivity contribution in [3.8, 4) is 0 Å². The van der Waals surface area contributed by atoms with E-state index in [1.54, 1.807) is 52.3 Å². The number of halogens is 1. The molecule has 0 aliphatic rings. The summed E-state index contributed by atoms with van der Waals surface area (Å²) >= 11 is 0. The van der Waals surface area contributed by atoms with Gasteiger partial charge in [0.15, 0.2) is 0 Å². The van der Waals surface area contributed by atoms with Crippen LogP contribution in [0.2, 0.25) is 0 Å².